The van der Waals surface area contributed by atoms with Gasteiger partial charge in [0.25, 0.3) is 0 Å². The van der Waals surface area contributed by atoms with Gasteiger partial charge in [-0.05, 0) is 50.3 Å². The van der Waals surface area contributed by atoms with E-state index in [1.165, 1.54) is 13.1 Å². The highest BCUT2D eigenvalue weighted by molar-refractivity contribution is 6.28. The van der Waals surface area contributed by atoms with Crippen LogP contribution in [0.3, 0.4) is 0 Å². The van der Waals surface area contributed by atoms with Gasteiger partial charge in [-0.25, -0.2) is 33.1 Å². The number of nitrogens with one attached hydrogen (secondary N) is 3. The van der Waals surface area contributed by atoms with E-state index in [0.29, 0.717) is 31.2 Å². The zero-order valence-electron chi connectivity index (χ0n) is 19.7. The largest absolute Gasteiger partial charge is 0.433 e. The lowest BCUT2D eigenvalue weighted by molar-refractivity contribution is -0.141. The summed E-state index contributed by atoms with van der Waals surface area (Å²) in [5, 5.41) is 5.71. The first kappa shape index (κ1) is 26.0. The summed E-state index contributed by atoms with van der Waals surface area (Å²) < 4.78 is 82.3. The number of H-pyrrole nitrogens is 1. The van der Waals surface area contributed by atoms with Crippen molar-refractivity contribution in [2.24, 2.45) is 0 Å². The van der Waals surface area contributed by atoms with Crippen molar-refractivity contribution in [2.45, 2.75) is 50.9 Å². The Balaban J connectivity index is 1.37. The number of hydrogen-bond donors (Lipinski definition) is 3. The monoisotopic (exact) mass is 555 g/mol. The van der Waals surface area contributed by atoms with E-state index in [2.05, 4.69) is 35.6 Å². The van der Waals surface area contributed by atoms with E-state index in [1.54, 1.807) is 0 Å². The fraction of sp³-hybridized carbons (Fsp3) is 0.333. The molecule has 200 valence electrons. The molecular weight excluding hydrogens is 536 g/mol. The van der Waals surface area contributed by atoms with Crippen LogP contribution in [0.2, 0.25) is 5.28 Å². The fourth-order valence-corrected chi connectivity index (χ4v) is 4.79. The lowest BCUT2D eigenvalue weighted by atomic mass is 9.91. The Kier molecular flexibility index (Phi) is 6.80. The predicted molar refractivity (Wildman–Crippen MR) is 129 cm³/mol. The molecule has 0 amide bonds. The standard InChI is InChI=1S/C24H20ClF6N7/c1-10-19(28)22(38-21(33-10)15-9-32-20-14(15)5-11(26)6-16(20)27)35-13-4-2-3-12(7-13)34-18-8-17(24(29,30)31)36-23(25)37-18/h5-6,8-9,12-13,32H,2-4,7H2,1H3,(H,33,35,38)(H,34,36,37)/t12-,13+/m0/s1. The molecule has 0 aliphatic heterocycles. The number of nitrogens with zero attached hydrogens (tertiary/aromatic N) is 4. The maximum Gasteiger partial charge on any atom is 0.433 e. The predicted octanol–water partition coefficient (Wildman–Crippen LogP) is 6.65. The summed E-state index contributed by atoms with van der Waals surface area (Å²) in [5.74, 6) is -2.32. The second-order valence-corrected chi connectivity index (χ2v) is 9.40. The molecule has 7 nitrogen and oxygen atoms in total. The van der Waals surface area contributed by atoms with Gasteiger partial charge in [0.2, 0.25) is 5.28 Å². The van der Waals surface area contributed by atoms with Gasteiger partial charge in [-0.2, -0.15) is 13.2 Å². The fourth-order valence-electron chi connectivity index (χ4n) is 4.61. The number of fused-ring (bicyclic) bond motifs is 1. The number of aromatic nitrogens is 5. The number of alkyl halides is 3. The van der Waals surface area contributed by atoms with Gasteiger partial charge in [-0.3, -0.25) is 0 Å². The van der Waals surface area contributed by atoms with Gasteiger partial charge < -0.3 is 15.6 Å². The van der Waals surface area contributed by atoms with Crippen LogP contribution in [0.5, 0.6) is 0 Å². The number of rotatable bonds is 5. The summed E-state index contributed by atoms with van der Waals surface area (Å²) in [6, 6.07) is 2.11. The Morgan fingerprint density at radius 3 is 2.45 bits per heavy atom. The minimum Gasteiger partial charge on any atom is -0.367 e. The van der Waals surface area contributed by atoms with Crippen LogP contribution in [0.25, 0.3) is 22.3 Å². The number of benzene rings is 1. The molecule has 14 heteroatoms. The van der Waals surface area contributed by atoms with Crippen molar-refractivity contribution >= 4 is 34.1 Å². The zero-order valence-corrected chi connectivity index (χ0v) is 20.5. The second kappa shape index (κ2) is 9.93. The Morgan fingerprint density at radius 1 is 0.974 bits per heavy atom. The third-order valence-electron chi connectivity index (χ3n) is 6.32. The number of hydrogen-bond acceptors (Lipinski definition) is 6. The minimum atomic E-state index is -4.68. The van der Waals surface area contributed by atoms with E-state index in [-0.39, 0.29) is 46.1 Å². The molecule has 38 heavy (non-hydrogen) atoms. The Hall–Kier alpha value is -3.61. The average molecular weight is 556 g/mol. The number of anilines is 2. The van der Waals surface area contributed by atoms with Crippen LogP contribution in [0.4, 0.5) is 38.0 Å². The molecule has 3 heterocycles. The molecule has 0 unspecified atom stereocenters. The summed E-state index contributed by atoms with van der Waals surface area (Å²) >= 11 is 5.68. The summed E-state index contributed by atoms with van der Waals surface area (Å²) in [7, 11) is 0. The normalized spacial score (nSPS) is 18.1. The maximum atomic E-state index is 15.0. The Morgan fingerprint density at radius 2 is 1.71 bits per heavy atom. The van der Waals surface area contributed by atoms with Crippen LogP contribution >= 0.6 is 11.6 Å². The third-order valence-corrected chi connectivity index (χ3v) is 6.49. The summed E-state index contributed by atoms with van der Waals surface area (Å²) in [6.45, 7) is 1.45. The lowest BCUT2D eigenvalue weighted by Crippen LogP contribution is -2.35. The number of aromatic amines is 1. The molecule has 0 bridgehead atoms. The van der Waals surface area contributed by atoms with Gasteiger partial charge in [0.1, 0.15) is 17.5 Å². The van der Waals surface area contributed by atoms with Gasteiger partial charge in [0.05, 0.1) is 11.2 Å². The van der Waals surface area contributed by atoms with Gasteiger partial charge in [-0.1, -0.05) is 0 Å². The molecule has 2 atom stereocenters. The number of halogens is 7. The van der Waals surface area contributed by atoms with Crippen molar-refractivity contribution in [2.75, 3.05) is 10.6 Å². The molecule has 3 aromatic heterocycles. The lowest BCUT2D eigenvalue weighted by Gasteiger charge is -2.31. The molecule has 1 aliphatic rings. The molecule has 1 aromatic carbocycles. The summed E-state index contributed by atoms with van der Waals surface area (Å²) in [5.41, 5.74) is -0.756. The molecule has 4 aromatic rings. The molecule has 0 saturated heterocycles. The minimum absolute atomic E-state index is 0.0320. The highest BCUT2D eigenvalue weighted by atomic mass is 35.5. The van der Waals surface area contributed by atoms with E-state index >= 15 is 0 Å². The first-order valence-corrected chi connectivity index (χ1v) is 12.0. The van der Waals surface area contributed by atoms with E-state index in [0.717, 1.165) is 18.2 Å². The van der Waals surface area contributed by atoms with Crippen LogP contribution in [0.1, 0.15) is 37.1 Å². The van der Waals surface area contributed by atoms with E-state index in [9.17, 15) is 26.3 Å². The molecule has 3 N–H and O–H groups in total. The highest BCUT2D eigenvalue weighted by Crippen LogP contribution is 2.33. The van der Waals surface area contributed by atoms with Crippen LogP contribution < -0.4 is 10.6 Å². The molecule has 0 spiro atoms. The SMILES string of the molecule is Cc1nc(-c2c[nH]c3c(F)cc(F)cc23)nc(N[C@@H]2CCC[C@H](Nc3cc(C(F)(F)F)nc(Cl)n3)C2)c1F. The Bertz CT molecular complexity index is 1510. The average Bonchev–Trinajstić information content (AvgIpc) is 3.25. The summed E-state index contributed by atoms with van der Waals surface area (Å²) in [4.78, 5) is 18.2. The van der Waals surface area contributed by atoms with Crippen LogP contribution in [0.15, 0.2) is 24.4 Å². The van der Waals surface area contributed by atoms with Gasteiger partial charge in [0.15, 0.2) is 23.2 Å². The van der Waals surface area contributed by atoms with Gasteiger partial charge >= 0.3 is 6.18 Å². The quantitative estimate of drug-likeness (QED) is 0.189. The van der Waals surface area contributed by atoms with Gasteiger partial charge in [-0.15, -0.1) is 0 Å². The van der Waals surface area contributed by atoms with Crippen molar-refractivity contribution in [3.63, 3.8) is 0 Å². The van der Waals surface area contributed by atoms with Gasteiger partial charge in [0, 0.05) is 41.4 Å². The molecular formula is C24H20ClF6N7. The molecule has 1 saturated carbocycles. The zero-order chi connectivity index (χ0) is 27.2. The van der Waals surface area contributed by atoms with Crippen LogP contribution in [0, 0.1) is 24.4 Å². The first-order chi connectivity index (χ1) is 18.0. The third kappa shape index (κ3) is 5.33. The van der Waals surface area contributed by atoms with Crippen molar-refractivity contribution in [3.05, 3.63) is 58.5 Å². The maximum absolute atomic E-state index is 15.0. The van der Waals surface area contributed by atoms with E-state index in [4.69, 9.17) is 11.6 Å². The first-order valence-electron chi connectivity index (χ1n) is 11.6. The van der Waals surface area contributed by atoms with E-state index < -0.39 is 34.6 Å². The smallest absolute Gasteiger partial charge is 0.367 e. The van der Waals surface area contributed by atoms with Crippen molar-refractivity contribution in [1.29, 1.82) is 0 Å². The number of aryl methyl sites for hydroxylation is 1. The topological polar surface area (TPSA) is 91.4 Å². The highest BCUT2D eigenvalue weighted by Gasteiger charge is 2.34. The molecule has 0 radical (unpaired) electrons. The second-order valence-electron chi connectivity index (χ2n) is 9.06. The van der Waals surface area contributed by atoms with Crippen molar-refractivity contribution in [3.8, 4) is 11.4 Å². The Labute approximate surface area is 217 Å². The van der Waals surface area contributed by atoms with Crippen molar-refractivity contribution < 1.29 is 26.3 Å². The van der Waals surface area contributed by atoms with Crippen LogP contribution in [-0.2, 0) is 6.18 Å². The van der Waals surface area contributed by atoms with Crippen molar-refractivity contribution in [1.82, 2.24) is 24.9 Å². The molecule has 5 rings (SSSR count). The van der Waals surface area contributed by atoms with E-state index in [1.807, 2.05) is 0 Å². The molecule has 1 fully saturated rings. The van der Waals surface area contributed by atoms with Crippen LogP contribution in [-0.4, -0.2) is 37.0 Å². The summed E-state index contributed by atoms with van der Waals surface area (Å²) in [6.07, 6.45) is -0.847. The molecule has 1 aliphatic carbocycles.